The molecular formula is C10H19NO2. The zero-order valence-corrected chi connectivity index (χ0v) is 8.29. The molecule has 0 amide bonds. The minimum atomic E-state index is -0.341. The zero-order chi connectivity index (χ0) is 9.31. The van der Waals surface area contributed by atoms with Crippen LogP contribution in [-0.4, -0.2) is 25.0 Å². The summed E-state index contributed by atoms with van der Waals surface area (Å²) in [4.78, 5) is 0. The van der Waals surface area contributed by atoms with E-state index in [2.05, 4.69) is 6.92 Å². The summed E-state index contributed by atoms with van der Waals surface area (Å²) in [5, 5.41) is 0. The fourth-order valence-electron chi connectivity index (χ4n) is 2.32. The predicted molar refractivity (Wildman–Crippen MR) is 50.2 cm³/mol. The lowest BCUT2D eigenvalue weighted by Gasteiger charge is -2.40. The topological polar surface area (TPSA) is 44.5 Å². The number of nitrogens with two attached hydrogens (primary N) is 1. The molecule has 3 heteroatoms. The lowest BCUT2D eigenvalue weighted by Crippen LogP contribution is -2.51. The highest BCUT2D eigenvalue weighted by Crippen LogP contribution is 2.38. The molecule has 0 bridgehead atoms. The van der Waals surface area contributed by atoms with Crippen LogP contribution in [0.25, 0.3) is 0 Å². The number of rotatable bonds is 1. The van der Waals surface area contributed by atoms with Crippen LogP contribution in [0.3, 0.4) is 0 Å². The molecule has 1 aliphatic heterocycles. The van der Waals surface area contributed by atoms with Crippen molar-refractivity contribution in [3.8, 4) is 0 Å². The van der Waals surface area contributed by atoms with E-state index in [9.17, 15) is 0 Å². The van der Waals surface area contributed by atoms with Gasteiger partial charge in [-0.25, -0.2) is 0 Å². The third-order valence-electron chi connectivity index (χ3n) is 3.26. The van der Waals surface area contributed by atoms with Crippen LogP contribution in [0.4, 0.5) is 0 Å². The van der Waals surface area contributed by atoms with Crippen LogP contribution in [0.2, 0.25) is 0 Å². The molecule has 1 saturated heterocycles. The molecule has 0 atom stereocenters. The Morgan fingerprint density at radius 3 is 2.23 bits per heavy atom. The first kappa shape index (κ1) is 9.44. The van der Waals surface area contributed by atoms with Gasteiger partial charge in [-0.15, -0.1) is 0 Å². The Labute approximate surface area is 79.6 Å². The summed E-state index contributed by atoms with van der Waals surface area (Å²) in [6, 6.07) is 0.0643. The average Bonchev–Trinajstić information content (AvgIpc) is 2.63. The summed E-state index contributed by atoms with van der Waals surface area (Å²) in [7, 11) is 0. The second-order valence-corrected chi connectivity index (χ2v) is 4.38. The van der Waals surface area contributed by atoms with Crippen molar-refractivity contribution in [2.45, 2.75) is 44.4 Å². The average molecular weight is 185 g/mol. The molecule has 1 aliphatic carbocycles. The van der Waals surface area contributed by atoms with Gasteiger partial charge in [0, 0.05) is 5.92 Å². The van der Waals surface area contributed by atoms with Crippen molar-refractivity contribution in [2.75, 3.05) is 13.2 Å². The highest BCUT2D eigenvalue weighted by Gasteiger charge is 2.40. The maximum atomic E-state index is 5.71. The molecule has 1 saturated carbocycles. The molecule has 0 aromatic carbocycles. The Kier molecular flexibility index (Phi) is 2.58. The van der Waals surface area contributed by atoms with Crippen LogP contribution in [0.1, 0.15) is 32.6 Å². The molecule has 2 fully saturated rings. The molecule has 76 valence electrons. The maximum Gasteiger partial charge on any atom is 0.168 e. The summed E-state index contributed by atoms with van der Waals surface area (Å²) in [6.07, 6.45) is 5.12. The molecular weight excluding hydrogens is 166 g/mol. The van der Waals surface area contributed by atoms with Gasteiger partial charge in [0.2, 0.25) is 0 Å². The monoisotopic (exact) mass is 185 g/mol. The maximum absolute atomic E-state index is 5.71. The van der Waals surface area contributed by atoms with E-state index in [1.54, 1.807) is 0 Å². The van der Waals surface area contributed by atoms with Crippen LogP contribution >= 0.6 is 0 Å². The molecule has 3 nitrogen and oxygen atoms in total. The Balaban J connectivity index is 1.95. The van der Waals surface area contributed by atoms with E-state index < -0.39 is 0 Å². The summed E-state index contributed by atoms with van der Waals surface area (Å²) in [5.74, 6) is 0.242. The van der Waals surface area contributed by atoms with E-state index >= 15 is 0 Å². The van der Waals surface area contributed by atoms with Crippen molar-refractivity contribution in [1.82, 2.24) is 0 Å². The van der Waals surface area contributed by atoms with Gasteiger partial charge in [0.25, 0.3) is 0 Å². The molecule has 0 spiro atoms. The first-order valence-electron chi connectivity index (χ1n) is 5.24. The second kappa shape index (κ2) is 3.56. The SMILES string of the molecule is CC1(C2CCCC2)OCC(N)CO1. The first-order chi connectivity index (χ1) is 6.21. The number of hydrogen-bond acceptors (Lipinski definition) is 3. The van der Waals surface area contributed by atoms with E-state index in [0.29, 0.717) is 19.1 Å². The third kappa shape index (κ3) is 1.87. The number of hydrogen-bond donors (Lipinski definition) is 1. The predicted octanol–water partition coefficient (Wildman–Crippen LogP) is 1.27. The van der Waals surface area contributed by atoms with E-state index in [0.717, 1.165) is 0 Å². The van der Waals surface area contributed by atoms with Gasteiger partial charge in [0.1, 0.15) is 0 Å². The summed E-state index contributed by atoms with van der Waals surface area (Å²) in [6.45, 7) is 3.36. The Hall–Kier alpha value is -0.120. The van der Waals surface area contributed by atoms with Crippen molar-refractivity contribution < 1.29 is 9.47 Å². The van der Waals surface area contributed by atoms with Gasteiger partial charge in [0.15, 0.2) is 5.79 Å². The zero-order valence-electron chi connectivity index (χ0n) is 8.29. The van der Waals surface area contributed by atoms with Gasteiger partial charge in [-0.3, -0.25) is 0 Å². The fraction of sp³-hybridized carbons (Fsp3) is 1.00. The molecule has 0 unspecified atom stereocenters. The Bertz CT molecular complexity index is 170. The molecule has 0 aromatic heterocycles. The standard InChI is InChI=1S/C10H19NO2/c1-10(8-4-2-3-5-8)12-6-9(11)7-13-10/h8-9H,2-7,11H2,1H3. The van der Waals surface area contributed by atoms with Gasteiger partial charge in [0.05, 0.1) is 19.3 Å². The Morgan fingerprint density at radius 1 is 1.15 bits per heavy atom. The minimum absolute atomic E-state index is 0.0643. The van der Waals surface area contributed by atoms with E-state index in [1.807, 2.05) is 0 Å². The second-order valence-electron chi connectivity index (χ2n) is 4.38. The van der Waals surface area contributed by atoms with Crippen LogP contribution < -0.4 is 5.73 Å². The molecule has 1 heterocycles. The van der Waals surface area contributed by atoms with Crippen LogP contribution in [0.15, 0.2) is 0 Å². The summed E-state index contributed by atoms with van der Waals surface area (Å²) < 4.78 is 11.4. The molecule has 2 aliphatic rings. The highest BCUT2D eigenvalue weighted by molar-refractivity contribution is 4.83. The Morgan fingerprint density at radius 2 is 1.69 bits per heavy atom. The third-order valence-corrected chi connectivity index (χ3v) is 3.26. The van der Waals surface area contributed by atoms with Gasteiger partial charge in [-0.2, -0.15) is 0 Å². The smallest absolute Gasteiger partial charge is 0.168 e. The first-order valence-corrected chi connectivity index (χ1v) is 5.24. The molecule has 0 radical (unpaired) electrons. The largest absolute Gasteiger partial charge is 0.348 e. The van der Waals surface area contributed by atoms with E-state index in [-0.39, 0.29) is 11.8 Å². The lowest BCUT2D eigenvalue weighted by atomic mass is 9.97. The van der Waals surface area contributed by atoms with Crippen molar-refractivity contribution >= 4 is 0 Å². The normalized spacial score (nSPS) is 42.5. The lowest BCUT2D eigenvalue weighted by molar-refractivity contribution is -0.286. The van der Waals surface area contributed by atoms with Gasteiger partial charge in [-0.05, 0) is 19.8 Å². The van der Waals surface area contributed by atoms with Crippen LogP contribution in [0, 0.1) is 5.92 Å². The van der Waals surface area contributed by atoms with Crippen LogP contribution in [-0.2, 0) is 9.47 Å². The number of ether oxygens (including phenoxy) is 2. The molecule has 0 aromatic rings. The van der Waals surface area contributed by atoms with Crippen molar-refractivity contribution in [3.05, 3.63) is 0 Å². The fourth-order valence-corrected chi connectivity index (χ4v) is 2.32. The van der Waals surface area contributed by atoms with Crippen LogP contribution in [0.5, 0.6) is 0 Å². The van der Waals surface area contributed by atoms with Gasteiger partial charge < -0.3 is 15.2 Å². The minimum Gasteiger partial charge on any atom is -0.348 e. The molecule has 2 rings (SSSR count). The molecule has 2 N–H and O–H groups in total. The van der Waals surface area contributed by atoms with Gasteiger partial charge >= 0.3 is 0 Å². The van der Waals surface area contributed by atoms with E-state index in [1.165, 1.54) is 25.7 Å². The summed E-state index contributed by atoms with van der Waals surface area (Å²) in [5.41, 5.74) is 5.70. The van der Waals surface area contributed by atoms with Gasteiger partial charge in [-0.1, -0.05) is 12.8 Å². The van der Waals surface area contributed by atoms with E-state index in [4.69, 9.17) is 15.2 Å². The van der Waals surface area contributed by atoms with Crippen molar-refractivity contribution in [2.24, 2.45) is 11.7 Å². The quantitative estimate of drug-likeness (QED) is 0.669. The summed E-state index contributed by atoms with van der Waals surface area (Å²) >= 11 is 0. The highest BCUT2D eigenvalue weighted by atomic mass is 16.7. The van der Waals surface area contributed by atoms with Crippen molar-refractivity contribution in [3.63, 3.8) is 0 Å². The molecule has 13 heavy (non-hydrogen) atoms. The van der Waals surface area contributed by atoms with Crippen molar-refractivity contribution in [1.29, 1.82) is 0 Å².